The summed E-state index contributed by atoms with van der Waals surface area (Å²) in [5, 5.41) is 6.35. The van der Waals surface area contributed by atoms with Gasteiger partial charge in [0.05, 0.1) is 16.5 Å². The fourth-order valence-corrected chi connectivity index (χ4v) is 5.47. The molecule has 1 N–H and O–H groups in total. The maximum atomic E-state index is 13.1. The topological polar surface area (TPSA) is 64.0 Å². The van der Waals surface area contributed by atoms with Gasteiger partial charge >= 0.3 is 6.18 Å². The summed E-state index contributed by atoms with van der Waals surface area (Å²) in [4.78, 5) is 0.649. The Bertz CT molecular complexity index is 1100. The average Bonchev–Trinajstić information content (AvgIpc) is 3.40. The number of aromatic nitrogens is 2. The number of benzene rings is 1. The van der Waals surface area contributed by atoms with Gasteiger partial charge < -0.3 is 0 Å². The Kier molecular flexibility index (Phi) is 5.16. The highest BCUT2D eigenvalue weighted by molar-refractivity contribution is 7.92. The Morgan fingerprint density at radius 3 is 2.55 bits per heavy atom. The first-order chi connectivity index (χ1) is 13.7. The van der Waals surface area contributed by atoms with E-state index in [-0.39, 0.29) is 16.6 Å². The lowest BCUT2D eigenvalue weighted by Crippen LogP contribution is -2.14. The minimum absolute atomic E-state index is 0.0377. The van der Waals surface area contributed by atoms with Gasteiger partial charge in [-0.05, 0) is 42.5 Å². The Balaban J connectivity index is 1.73. The normalized spacial score (nSPS) is 15.7. The summed E-state index contributed by atoms with van der Waals surface area (Å²) in [6, 6.07) is 7.84. The number of hydrogen-bond acceptors (Lipinski definition) is 4. The van der Waals surface area contributed by atoms with E-state index in [1.807, 2.05) is 5.38 Å². The summed E-state index contributed by atoms with van der Waals surface area (Å²) in [5.41, 5.74) is -0.755. The van der Waals surface area contributed by atoms with Gasteiger partial charge in [0.2, 0.25) is 0 Å². The molecule has 1 fully saturated rings. The highest BCUT2D eigenvalue weighted by atomic mass is 32.2. The van der Waals surface area contributed by atoms with Crippen molar-refractivity contribution in [3.8, 4) is 10.6 Å². The molecule has 5 nitrogen and oxygen atoms in total. The molecule has 0 bridgehead atoms. The lowest BCUT2D eigenvalue weighted by Gasteiger charge is -2.11. The second-order valence-electron chi connectivity index (χ2n) is 6.92. The molecule has 0 spiro atoms. The van der Waals surface area contributed by atoms with Gasteiger partial charge in [0.1, 0.15) is 10.6 Å². The molecular weight excluding hydrogens is 423 g/mol. The van der Waals surface area contributed by atoms with Crippen molar-refractivity contribution in [2.75, 3.05) is 4.72 Å². The van der Waals surface area contributed by atoms with Crippen molar-refractivity contribution in [1.29, 1.82) is 0 Å². The lowest BCUT2D eigenvalue weighted by molar-refractivity contribution is -0.137. The average molecular weight is 442 g/mol. The maximum absolute atomic E-state index is 13.1. The summed E-state index contributed by atoms with van der Waals surface area (Å²) >= 11 is 1.36. The highest BCUT2D eigenvalue weighted by Crippen LogP contribution is 2.36. The zero-order valence-electron chi connectivity index (χ0n) is 15.2. The molecule has 0 amide bonds. The standard InChI is InChI=1S/C19H18F3N3O2S2/c20-19(21,22)13-5-3-6-14(11-13)24-29(26,27)17-12-25(15-7-1-2-8-15)23-18(17)16-9-4-10-28-16/h3-6,9-12,15,24H,1-2,7-8H2. The molecule has 29 heavy (non-hydrogen) atoms. The summed E-state index contributed by atoms with van der Waals surface area (Å²) in [5.74, 6) is 0. The van der Waals surface area contributed by atoms with Crippen LogP contribution >= 0.6 is 11.3 Å². The third kappa shape index (κ3) is 4.18. The van der Waals surface area contributed by atoms with Crippen LogP contribution in [0.1, 0.15) is 37.3 Å². The van der Waals surface area contributed by atoms with E-state index in [1.54, 1.807) is 16.8 Å². The van der Waals surface area contributed by atoms with Gasteiger partial charge in [-0.1, -0.05) is 25.0 Å². The Morgan fingerprint density at radius 1 is 1.14 bits per heavy atom. The smallest absolute Gasteiger partial charge is 0.280 e. The van der Waals surface area contributed by atoms with Crippen molar-refractivity contribution in [3.63, 3.8) is 0 Å². The molecule has 0 atom stereocenters. The van der Waals surface area contributed by atoms with Gasteiger partial charge in [0.15, 0.2) is 0 Å². The van der Waals surface area contributed by atoms with E-state index in [1.165, 1.54) is 29.7 Å². The van der Waals surface area contributed by atoms with Crippen LogP contribution in [-0.4, -0.2) is 18.2 Å². The summed E-state index contributed by atoms with van der Waals surface area (Å²) < 4.78 is 69.0. The molecule has 1 saturated carbocycles. The minimum atomic E-state index is -4.56. The number of rotatable bonds is 5. The summed E-state index contributed by atoms with van der Waals surface area (Å²) in [6.45, 7) is 0. The first-order valence-electron chi connectivity index (χ1n) is 9.07. The summed E-state index contributed by atoms with van der Waals surface area (Å²) in [6.07, 6.45) is 0.892. The number of thiophene rings is 1. The molecule has 2 heterocycles. The third-order valence-electron chi connectivity index (χ3n) is 4.88. The van der Waals surface area contributed by atoms with Gasteiger partial charge in [-0.3, -0.25) is 9.40 Å². The predicted molar refractivity (Wildman–Crippen MR) is 105 cm³/mol. The largest absolute Gasteiger partial charge is 0.416 e. The van der Waals surface area contributed by atoms with E-state index in [0.717, 1.165) is 37.8 Å². The second kappa shape index (κ2) is 7.49. The monoisotopic (exact) mass is 441 g/mol. The maximum Gasteiger partial charge on any atom is 0.416 e. The van der Waals surface area contributed by atoms with Crippen molar-refractivity contribution < 1.29 is 21.6 Å². The Hall–Kier alpha value is -2.33. The van der Waals surface area contributed by atoms with Gasteiger partial charge in [-0.25, -0.2) is 8.42 Å². The molecule has 0 radical (unpaired) electrons. The summed E-state index contributed by atoms with van der Waals surface area (Å²) in [7, 11) is -4.14. The molecule has 3 aromatic rings. The van der Waals surface area contributed by atoms with Crippen LogP contribution in [0, 0.1) is 0 Å². The fraction of sp³-hybridized carbons (Fsp3) is 0.316. The van der Waals surface area contributed by atoms with E-state index in [2.05, 4.69) is 9.82 Å². The first kappa shape index (κ1) is 20.0. The number of anilines is 1. The number of nitrogens with one attached hydrogen (secondary N) is 1. The van der Waals surface area contributed by atoms with Crippen LogP contribution in [-0.2, 0) is 16.2 Å². The Labute approximate surface area is 170 Å². The van der Waals surface area contributed by atoms with E-state index in [9.17, 15) is 21.6 Å². The van der Waals surface area contributed by atoms with Gasteiger partial charge in [0, 0.05) is 11.9 Å². The zero-order chi connectivity index (χ0) is 20.6. The molecular formula is C19H18F3N3O2S2. The molecule has 0 unspecified atom stereocenters. The lowest BCUT2D eigenvalue weighted by atomic mass is 10.2. The van der Waals surface area contributed by atoms with Crippen LogP contribution < -0.4 is 4.72 Å². The molecule has 1 aliphatic rings. The van der Waals surface area contributed by atoms with E-state index in [4.69, 9.17) is 0 Å². The van der Waals surface area contributed by atoms with E-state index >= 15 is 0 Å². The third-order valence-corrected chi connectivity index (χ3v) is 7.14. The fourth-order valence-electron chi connectivity index (χ4n) is 3.48. The predicted octanol–water partition coefficient (Wildman–Crippen LogP) is 5.55. The number of nitrogens with zero attached hydrogens (tertiary/aromatic N) is 2. The second-order valence-corrected chi connectivity index (χ2v) is 9.52. The molecule has 10 heteroatoms. The highest BCUT2D eigenvalue weighted by Gasteiger charge is 2.32. The molecule has 154 valence electrons. The molecule has 2 aromatic heterocycles. The van der Waals surface area contributed by atoms with Crippen LogP contribution in [0.15, 0.2) is 52.9 Å². The molecule has 1 aliphatic carbocycles. The number of sulfonamides is 1. The Morgan fingerprint density at radius 2 is 1.90 bits per heavy atom. The SMILES string of the molecule is O=S(=O)(Nc1cccc(C(F)(F)F)c1)c1cn(C2CCCC2)nc1-c1cccs1. The van der Waals surface area contributed by atoms with E-state index < -0.39 is 21.8 Å². The van der Waals surface area contributed by atoms with Gasteiger partial charge in [-0.15, -0.1) is 11.3 Å². The van der Waals surface area contributed by atoms with E-state index in [0.29, 0.717) is 10.6 Å². The van der Waals surface area contributed by atoms with Crippen molar-refractivity contribution in [2.45, 2.75) is 42.8 Å². The molecule has 4 rings (SSSR count). The van der Waals surface area contributed by atoms with Crippen molar-refractivity contribution in [3.05, 3.63) is 53.5 Å². The van der Waals surface area contributed by atoms with Gasteiger partial charge in [0.25, 0.3) is 10.0 Å². The number of alkyl halides is 3. The number of halogens is 3. The minimum Gasteiger partial charge on any atom is -0.280 e. The quantitative estimate of drug-likeness (QED) is 0.565. The molecule has 1 aromatic carbocycles. The van der Waals surface area contributed by atoms with Crippen LogP contribution in [0.3, 0.4) is 0 Å². The van der Waals surface area contributed by atoms with Crippen molar-refractivity contribution in [1.82, 2.24) is 9.78 Å². The number of hydrogen-bond donors (Lipinski definition) is 1. The van der Waals surface area contributed by atoms with Crippen LogP contribution in [0.4, 0.5) is 18.9 Å². The van der Waals surface area contributed by atoms with Crippen molar-refractivity contribution >= 4 is 27.0 Å². The molecule has 0 aliphatic heterocycles. The zero-order valence-corrected chi connectivity index (χ0v) is 16.8. The molecule has 0 saturated heterocycles. The van der Waals surface area contributed by atoms with Gasteiger partial charge in [-0.2, -0.15) is 18.3 Å². The van der Waals surface area contributed by atoms with Crippen LogP contribution in [0.25, 0.3) is 10.6 Å². The first-order valence-corrected chi connectivity index (χ1v) is 11.4. The van der Waals surface area contributed by atoms with Crippen molar-refractivity contribution in [2.24, 2.45) is 0 Å². The van der Waals surface area contributed by atoms with Crippen LogP contribution in [0.2, 0.25) is 0 Å². The van der Waals surface area contributed by atoms with Crippen LogP contribution in [0.5, 0.6) is 0 Å².